The third-order valence-corrected chi connectivity index (χ3v) is 4.99. The number of aromatic nitrogens is 2. The highest BCUT2D eigenvalue weighted by Crippen LogP contribution is 2.24. The number of rotatable bonds is 3. The van der Waals surface area contributed by atoms with Gasteiger partial charge in [-0.2, -0.15) is 5.10 Å². The first-order chi connectivity index (χ1) is 11.1. The molecule has 0 aromatic carbocycles. The van der Waals surface area contributed by atoms with Gasteiger partial charge < -0.3 is 14.7 Å². The zero-order valence-corrected chi connectivity index (χ0v) is 13.9. The lowest BCUT2D eigenvalue weighted by molar-refractivity contribution is -0.136. The van der Waals surface area contributed by atoms with Crippen molar-refractivity contribution in [2.24, 2.45) is 13.0 Å². The van der Waals surface area contributed by atoms with Gasteiger partial charge in [0, 0.05) is 52.4 Å². The molecule has 1 aromatic heterocycles. The van der Waals surface area contributed by atoms with E-state index in [1.165, 1.54) is 4.68 Å². The maximum Gasteiger partial charge on any atom is 0.268 e. The van der Waals surface area contributed by atoms with Crippen molar-refractivity contribution in [2.75, 3.05) is 50.7 Å². The van der Waals surface area contributed by atoms with Crippen LogP contribution in [0.25, 0.3) is 0 Å². The summed E-state index contributed by atoms with van der Waals surface area (Å²) in [5.74, 6) is 0.298. The van der Waals surface area contributed by atoms with Gasteiger partial charge in [0.1, 0.15) is 0 Å². The van der Waals surface area contributed by atoms with Crippen molar-refractivity contribution < 1.29 is 4.79 Å². The summed E-state index contributed by atoms with van der Waals surface area (Å²) in [6.07, 6.45) is 2.55. The number of amides is 1. The second kappa shape index (κ2) is 6.70. The number of carbonyl (C=O) groups excluding carboxylic acids is 1. The van der Waals surface area contributed by atoms with Crippen molar-refractivity contribution in [3.63, 3.8) is 0 Å². The van der Waals surface area contributed by atoms with Gasteiger partial charge >= 0.3 is 0 Å². The van der Waals surface area contributed by atoms with Gasteiger partial charge in [-0.15, -0.1) is 0 Å². The van der Waals surface area contributed by atoms with E-state index in [-0.39, 0.29) is 17.4 Å². The molecule has 7 nitrogen and oxygen atoms in total. The molecule has 0 radical (unpaired) electrons. The Morgan fingerprint density at radius 2 is 2.00 bits per heavy atom. The van der Waals surface area contributed by atoms with Crippen LogP contribution in [0.1, 0.15) is 13.3 Å². The van der Waals surface area contributed by atoms with Gasteiger partial charge in [-0.05, 0) is 13.0 Å². The van der Waals surface area contributed by atoms with Crippen molar-refractivity contribution in [2.45, 2.75) is 13.3 Å². The molecular weight excluding hydrogens is 294 g/mol. The van der Waals surface area contributed by atoms with Crippen LogP contribution in [0.3, 0.4) is 0 Å². The lowest BCUT2D eigenvalue weighted by atomic mass is 10.1. The van der Waals surface area contributed by atoms with E-state index >= 15 is 0 Å². The number of aryl methyl sites for hydroxylation is 1. The molecule has 0 bridgehead atoms. The van der Waals surface area contributed by atoms with Gasteiger partial charge in [-0.1, -0.05) is 6.92 Å². The first-order valence-corrected chi connectivity index (χ1v) is 8.38. The molecule has 2 saturated heterocycles. The molecule has 126 valence electrons. The number of likely N-dealkylation sites (N-methyl/N-ethyl adjacent to an activating group) is 1. The molecule has 0 aliphatic carbocycles. The molecule has 2 aliphatic heterocycles. The normalized spacial score (nSPS) is 22.6. The van der Waals surface area contributed by atoms with E-state index in [9.17, 15) is 9.59 Å². The summed E-state index contributed by atoms with van der Waals surface area (Å²) in [6, 6.07) is 1.60. The molecule has 1 aromatic rings. The lowest BCUT2D eigenvalue weighted by Gasteiger charge is -2.35. The number of carbonyl (C=O) groups is 1. The summed E-state index contributed by atoms with van der Waals surface area (Å²) in [6.45, 7) is 8.30. The smallest absolute Gasteiger partial charge is 0.268 e. The van der Waals surface area contributed by atoms with Crippen LogP contribution in [0, 0.1) is 5.92 Å². The fourth-order valence-electron chi connectivity index (χ4n) is 3.37. The van der Waals surface area contributed by atoms with Crippen LogP contribution >= 0.6 is 0 Å². The Morgan fingerprint density at radius 3 is 2.65 bits per heavy atom. The Hall–Kier alpha value is -1.89. The number of hydrogen-bond acceptors (Lipinski definition) is 5. The minimum atomic E-state index is -0.118. The Kier molecular flexibility index (Phi) is 4.66. The standard InChI is InChI=1S/C16H25N5O2/c1-3-19-6-8-20(9-7-19)16(23)13-4-5-21(12-13)14-10-15(22)18(2)17-11-14/h10-11,13H,3-9,12H2,1-2H3. The summed E-state index contributed by atoms with van der Waals surface area (Å²) >= 11 is 0. The van der Waals surface area contributed by atoms with E-state index < -0.39 is 0 Å². The molecule has 3 rings (SSSR count). The van der Waals surface area contributed by atoms with Gasteiger partial charge in [0.2, 0.25) is 5.91 Å². The molecule has 7 heteroatoms. The Bertz CT molecular complexity index is 621. The van der Waals surface area contributed by atoms with E-state index in [2.05, 4.69) is 21.8 Å². The third-order valence-electron chi connectivity index (χ3n) is 4.99. The molecule has 0 saturated carbocycles. The van der Waals surface area contributed by atoms with Crippen LogP contribution in [0.15, 0.2) is 17.1 Å². The van der Waals surface area contributed by atoms with Crippen LogP contribution in [0.5, 0.6) is 0 Å². The summed E-state index contributed by atoms with van der Waals surface area (Å²) in [5.41, 5.74) is 0.701. The maximum atomic E-state index is 12.7. The molecule has 2 fully saturated rings. The first-order valence-electron chi connectivity index (χ1n) is 8.38. The molecule has 3 heterocycles. The summed E-state index contributed by atoms with van der Waals surface area (Å²) < 4.78 is 1.31. The summed E-state index contributed by atoms with van der Waals surface area (Å²) in [5, 5.41) is 4.06. The molecule has 23 heavy (non-hydrogen) atoms. The molecule has 0 spiro atoms. The van der Waals surface area contributed by atoms with Crippen molar-refractivity contribution in [3.05, 3.63) is 22.6 Å². The Balaban J connectivity index is 1.60. The zero-order valence-electron chi connectivity index (χ0n) is 13.9. The van der Waals surface area contributed by atoms with Crippen LogP contribution in [0.4, 0.5) is 5.69 Å². The quantitative estimate of drug-likeness (QED) is 0.770. The highest BCUT2D eigenvalue weighted by atomic mass is 16.2. The molecule has 2 aliphatic rings. The number of piperazine rings is 1. The van der Waals surface area contributed by atoms with Crippen molar-refractivity contribution >= 4 is 11.6 Å². The van der Waals surface area contributed by atoms with Crippen molar-refractivity contribution in [1.29, 1.82) is 0 Å². The second-order valence-electron chi connectivity index (χ2n) is 6.37. The summed E-state index contributed by atoms with van der Waals surface area (Å²) in [4.78, 5) is 30.9. The van der Waals surface area contributed by atoms with Crippen LogP contribution in [-0.2, 0) is 11.8 Å². The van der Waals surface area contributed by atoms with E-state index in [4.69, 9.17) is 0 Å². The minimum absolute atomic E-state index is 0.0345. The third kappa shape index (κ3) is 3.39. The molecule has 1 atom stereocenters. The number of anilines is 1. The van der Waals surface area contributed by atoms with Crippen molar-refractivity contribution in [3.8, 4) is 0 Å². The van der Waals surface area contributed by atoms with Gasteiger partial charge in [0.25, 0.3) is 5.56 Å². The lowest BCUT2D eigenvalue weighted by Crippen LogP contribution is -2.50. The number of hydrogen-bond donors (Lipinski definition) is 0. The van der Waals surface area contributed by atoms with E-state index in [1.807, 2.05) is 4.90 Å². The minimum Gasteiger partial charge on any atom is -0.369 e. The van der Waals surface area contributed by atoms with E-state index in [1.54, 1.807) is 19.3 Å². The average molecular weight is 319 g/mol. The van der Waals surface area contributed by atoms with Crippen LogP contribution < -0.4 is 10.5 Å². The number of nitrogens with zero attached hydrogens (tertiary/aromatic N) is 5. The Morgan fingerprint density at radius 1 is 1.26 bits per heavy atom. The first kappa shape index (κ1) is 16.0. The van der Waals surface area contributed by atoms with Gasteiger partial charge in [0.05, 0.1) is 17.8 Å². The van der Waals surface area contributed by atoms with E-state index in [0.717, 1.165) is 51.4 Å². The van der Waals surface area contributed by atoms with Gasteiger partial charge in [-0.3, -0.25) is 9.59 Å². The fourth-order valence-corrected chi connectivity index (χ4v) is 3.37. The predicted octanol–water partition coefficient (Wildman–Crippen LogP) is -0.229. The average Bonchev–Trinajstić information content (AvgIpc) is 3.07. The maximum absolute atomic E-state index is 12.7. The molecular formula is C16H25N5O2. The van der Waals surface area contributed by atoms with E-state index in [0.29, 0.717) is 6.54 Å². The second-order valence-corrected chi connectivity index (χ2v) is 6.37. The SMILES string of the molecule is CCN1CCN(C(=O)C2CCN(c3cnn(C)c(=O)c3)C2)CC1. The van der Waals surface area contributed by atoms with Gasteiger partial charge in [-0.25, -0.2) is 4.68 Å². The van der Waals surface area contributed by atoms with Crippen LogP contribution in [-0.4, -0.2) is 71.3 Å². The molecule has 1 amide bonds. The Labute approximate surface area is 136 Å². The fraction of sp³-hybridized carbons (Fsp3) is 0.688. The largest absolute Gasteiger partial charge is 0.369 e. The predicted molar refractivity (Wildman–Crippen MR) is 88.5 cm³/mol. The molecule has 1 unspecified atom stereocenters. The van der Waals surface area contributed by atoms with Gasteiger partial charge in [0.15, 0.2) is 0 Å². The summed E-state index contributed by atoms with van der Waals surface area (Å²) in [7, 11) is 1.64. The highest BCUT2D eigenvalue weighted by Gasteiger charge is 2.33. The molecule has 0 N–H and O–H groups in total. The topological polar surface area (TPSA) is 61.7 Å². The van der Waals surface area contributed by atoms with Crippen molar-refractivity contribution in [1.82, 2.24) is 19.6 Å². The zero-order chi connectivity index (χ0) is 16.4. The monoisotopic (exact) mass is 319 g/mol. The highest BCUT2D eigenvalue weighted by molar-refractivity contribution is 5.80. The van der Waals surface area contributed by atoms with Crippen LogP contribution in [0.2, 0.25) is 0 Å².